The summed E-state index contributed by atoms with van der Waals surface area (Å²) in [7, 11) is 0. The van der Waals surface area contributed by atoms with Crippen LogP contribution in [0.25, 0.3) is 0 Å². The van der Waals surface area contributed by atoms with Gasteiger partial charge in [-0.05, 0) is 67.8 Å². The molecule has 0 radical (unpaired) electrons. The molecule has 5 fully saturated rings. The van der Waals surface area contributed by atoms with Gasteiger partial charge in [0.15, 0.2) is 18.4 Å². The Balaban J connectivity index is 1.45. The predicted molar refractivity (Wildman–Crippen MR) is 91.7 cm³/mol. The summed E-state index contributed by atoms with van der Waals surface area (Å²) in [5, 5.41) is 20.8. The molecule has 2 saturated heterocycles. The van der Waals surface area contributed by atoms with Crippen molar-refractivity contribution in [2.24, 2.45) is 34.5 Å². The van der Waals surface area contributed by atoms with E-state index >= 15 is 0 Å². The van der Waals surface area contributed by atoms with E-state index in [9.17, 15) is 15.0 Å². The third-order valence-electron chi connectivity index (χ3n) is 9.25. The minimum Gasteiger partial charge on any atom is -0.388 e. The minimum atomic E-state index is -1.13. The van der Waals surface area contributed by atoms with Gasteiger partial charge in [0.2, 0.25) is 0 Å². The van der Waals surface area contributed by atoms with E-state index in [1.165, 1.54) is 5.57 Å². The van der Waals surface area contributed by atoms with Crippen LogP contribution in [0.3, 0.4) is 0 Å². The number of hydrogen-bond donors (Lipinski definition) is 2. The van der Waals surface area contributed by atoms with Crippen LogP contribution in [0.1, 0.15) is 51.9 Å². The van der Waals surface area contributed by atoms with Crippen molar-refractivity contribution >= 4 is 5.78 Å². The smallest absolute Gasteiger partial charge is 0.184 e. The van der Waals surface area contributed by atoms with Crippen LogP contribution in [0.5, 0.6) is 0 Å². The van der Waals surface area contributed by atoms with E-state index in [4.69, 9.17) is 9.47 Å². The number of fused-ring (bicyclic) bond motifs is 6. The van der Waals surface area contributed by atoms with Crippen LogP contribution in [-0.2, 0) is 14.3 Å². The Morgan fingerprint density at radius 1 is 1.12 bits per heavy atom. The van der Waals surface area contributed by atoms with Gasteiger partial charge >= 0.3 is 0 Å². The summed E-state index contributed by atoms with van der Waals surface area (Å²) >= 11 is 0. The zero-order chi connectivity index (χ0) is 17.8. The highest BCUT2D eigenvalue weighted by atomic mass is 16.7. The molecule has 10 atom stereocenters. The second-order valence-electron chi connectivity index (χ2n) is 9.91. The number of aliphatic hydroxyl groups excluding tert-OH is 2. The van der Waals surface area contributed by atoms with Gasteiger partial charge in [0.25, 0.3) is 0 Å². The summed E-state index contributed by atoms with van der Waals surface area (Å²) < 4.78 is 12.3. The Bertz CT molecular complexity index is 703. The quantitative estimate of drug-likeness (QED) is 0.692. The second-order valence-corrected chi connectivity index (χ2v) is 9.91. The molecule has 2 bridgehead atoms. The van der Waals surface area contributed by atoms with E-state index in [0.29, 0.717) is 24.2 Å². The van der Waals surface area contributed by atoms with Crippen LogP contribution in [0.15, 0.2) is 11.6 Å². The number of ether oxygens (including phenoxy) is 2. The normalized spacial score (nSPS) is 60.1. The molecule has 2 aliphatic heterocycles. The van der Waals surface area contributed by atoms with Gasteiger partial charge in [0.1, 0.15) is 6.10 Å². The fourth-order valence-electron chi connectivity index (χ4n) is 8.30. The van der Waals surface area contributed by atoms with Gasteiger partial charge in [-0.1, -0.05) is 12.5 Å². The molecule has 5 heteroatoms. The fraction of sp³-hybridized carbons (Fsp3) is 0.857. The Morgan fingerprint density at radius 2 is 1.92 bits per heavy atom. The molecule has 26 heavy (non-hydrogen) atoms. The first kappa shape index (κ1) is 16.2. The monoisotopic (exact) mass is 360 g/mol. The Kier molecular flexibility index (Phi) is 3.11. The molecular formula is C21H28O5. The SMILES string of the molecule is C[C@]12CCC(=O)C=C1CC[C@@H]1[C@@H]2[C@@H]2C[C@]34C(OC(O)[C@H](O)[C@H]3CC[C@@H]14)O2. The Hall–Kier alpha value is -0.750. The predicted octanol–water partition coefficient (Wildman–Crippen LogP) is 2.16. The van der Waals surface area contributed by atoms with Gasteiger partial charge in [-0.25, -0.2) is 0 Å². The van der Waals surface area contributed by atoms with E-state index in [-0.39, 0.29) is 34.9 Å². The van der Waals surface area contributed by atoms with Crippen molar-refractivity contribution in [1.82, 2.24) is 0 Å². The molecule has 3 saturated carbocycles. The lowest BCUT2D eigenvalue weighted by Gasteiger charge is -2.58. The highest BCUT2D eigenvalue weighted by Gasteiger charge is 2.73. The summed E-state index contributed by atoms with van der Waals surface area (Å²) in [6, 6.07) is 0. The van der Waals surface area contributed by atoms with Crippen LogP contribution in [0.2, 0.25) is 0 Å². The molecule has 6 rings (SSSR count). The second kappa shape index (κ2) is 4.99. The molecule has 0 aromatic rings. The Labute approximate surface area is 153 Å². The summed E-state index contributed by atoms with van der Waals surface area (Å²) in [4.78, 5) is 12.0. The number of aliphatic hydroxyl groups is 2. The molecule has 0 amide bonds. The summed E-state index contributed by atoms with van der Waals surface area (Å²) in [5.74, 6) is 1.86. The lowest BCUT2D eigenvalue weighted by molar-refractivity contribution is -0.325. The van der Waals surface area contributed by atoms with Crippen LogP contribution >= 0.6 is 0 Å². The fourth-order valence-corrected chi connectivity index (χ4v) is 8.30. The zero-order valence-corrected chi connectivity index (χ0v) is 15.3. The van der Waals surface area contributed by atoms with E-state index in [1.54, 1.807) is 0 Å². The molecule has 1 spiro atoms. The molecule has 0 aromatic carbocycles. The molecule has 2 unspecified atom stereocenters. The van der Waals surface area contributed by atoms with Crippen molar-refractivity contribution in [1.29, 1.82) is 0 Å². The van der Waals surface area contributed by atoms with Crippen molar-refractivity contribution in [3.05, 3.63) is 11.6 Å². The Morgan fingerprint density at radius 3 is 2.77 bits per heavy atom. The van der Waals surface area contributed by atoms with E-state index in [0.717, 1.165) is 38.5 Å². The van der Waals surface area contributed by atoms with Crippen LogP contribution in [-0.4, -0.2) is 40.8 Å². The highest BCUT2D eigenvalue weighted by Crippen LogP contribution is 2.73. The number of rotatable bonds is 0. The average molecular weight is 360 g/mol. The highest BCUT2D eigenvalue weighted by molar-refractivity contribution is 5.91. The maximum Gasteiger partial charge on any atom is 0.184 e. The van der Waals surface area contributed by atoms with E-state index in [1.807, 2.05) is 6.08 Å². The molecule has 2 heterocycles. The molecule has 4 aliphatic carbocycles. The molecule has 142 valence electrons. The van der Waals surface area contributed by atoms with Crippen molar-refractivity contribution in [3.63, 3.8) is 0 Å². The van der Waals surface area contributed by atoms with Crippen molar-refractivity contribution < 1.29 is 24.5 Å². The van der Waals surface area contributed by atoms with E-state index in [2.05, 4.69) is 6.92 Å². The topological polar surface area (TPSA) is 76.0 Å². The van der Waals surface area contributed by atoms with Crippen molar-refractivity contribution in [2.45, 2.75) is 76.7 Å². The third-order valence-corrected chi connectivity index (χ3v) is 9.25. The van der Waals surface area contributed by atoms with Gasteiger partial charge in [-0.15, -0.1) is 0 Å². The van der Waals surface area contributed by atoms with Gasteiger partial charge in [0, 0.05) is 17.8 Å². The van der Waals surface area contributed by atoms with Crippen molar-refractivity contribution in [3.8, 4) is 0 Å². The van der Waals surface area contributed by atoms with Gasteiger partial charge in [-0.3, -0.25) is 4.79 Å². The largest absolute Gasteiger partial charge is 0.388 e. The standard InChI is InChI=1S/C21H28O5/c1-20-7-6-11(22)8-10(20)2-3-12-13-4-5-14-17(23)18(24)26-19-21(13,14)9-15(25-19)16(12)20/h8,12-19,23-24H,2-7,9H2,1H3/t12-,13-,14+,15-,16+,17+,18?,19?,20-,21+/m0/s1. The first-order chi connectivity index (χ1) is 12.4. The zero-order valence-electron chi connectivity index (χ0n) is 15.3. The van der Waals surface area contributed by atoms with Crippen LogP contribution < -0.4 is 0 Å². The maximum atomic E-state index is 12.0. The third kappa shape index (κ3) is 1.70. The lowest BCUT2D eigenvalue weighted by Crippen LogP contribution is -2.59. The lowest BCUT2D eigenvalue weighted by atomic mass is 9.46. The number of carbonyl (C=O) groups is 1. The maximum absolute atomic E-state index is 12.0. The van der Waals surface area contributed by atoms with Gasteiger partial charge < -0.3 is 19.7 Å². The molecule has 2 N–H and O–H groups in total. The summed E-state index contributed by atoms with van der Waals surface area (Å²) in [6.45, 7) is 2.35. The number of hydrogen-bond acceptors (Lipinski definition) is 5. The molecule has 0 aromatic heterocycles. The van der Waals surface area contributed by atoms with E-state index < -0.39 is 12.4 Å². The number of carbonyl (C=O) groups excluding carboxylic acids is 1. The van der Waals surface area contributed by atoms with Gasteiger partial charge in [-0.2, -0.15) is 0 Å². The first-order valence-electron chi connectivity index (χ1n) is 10.4. The summed E-state index contributed by atoms with van der Waals surface area (Å²) in [6.07, 6.45) is 6.43. The number of allylic oxidation sites excluding steroid dienone is 1. The average Bonchev–Trinajstić information content (AvgIpc) is 3.15. The first-order valence-corrected chi connectivity index (χ1v) is 10.4. The van der Waals surface area contributed by atoms with Crippen molar-refractivity contribution in [2.75, 3.05) is 0 Å². The molecular weight excluding hydrogens is 332 g/mol. The number of ketones is 1. The van der Waals surface area contributed by atoms with Gasteiger partial charge in [0.05, 0.1) is 6.10 Å². The minimum absolute atomic E-state index is 0.0475. The van der Waals surface area contributed by atoms with Crippen LogP contribution in [0.4, 0.5) is 0 Å². The molecule has 6 aliphatic rings. The van der Waals surface area contributed by atoms with Crippen LogP contribution in [0, 0.1) is 34.5 Å². The summed E-state index contributed by atoms with van der Waals surface area (Å²) in [5.41, 5.74) is 1.26. The molecule has 5 nitrogen and oxygen atoms in total.